The van der Waals surface area contributed by atoms with Crippen LogP contribution in [0.2, 0.25) is 5.02 Å². The number of nitrogens with two attached hydrogens (primary N) is 1. The van der Waals surface area contributed by atoms with E-state index < -0.39 is 10.0 Å². The van der Waals surface area contributed by atoms with Crippen LogP contribution in [-0.4, -0.2) is 20.5 Å². The topological polar surface area (TPSA) is 94.3 Å². The number of nitrogens with one attached hydrogen (secondary N) is 1. The maximum Gasteiger partial charge on any atom is 0.263 e. The van der Waals surface area contributed by atoms with Gasteiger partial charge in [0.2, 0.25) is 5.88 Å². The van der Waals surface area contributed by atoms with E-state index in [1.165, 1.54) is 37.6 Å². The second-order valence-electron chi connectivity index (χ2n) is 3.88. The summed E-state index contributed by atoms with van der Waals surface area (Å²) in [5.74, 6) is 0.384. The van der Waals surface area contributed by atoms with Gasteiger partial charge in [0.25, 0.3) is 10.0 Å². The number of hydrogen-bond donors (Lipinski definition) is 2. The Hall–Kier alpha value is -1.99. The quantitative estimate of drug-likeness (QED) is 0.843. The highest BCUT2D eigenvalue weighted by Crippen LogP contribution is 2.25. The van der Waals surface area contributed by atoms with Crippen LogP contribution in [0.25, 0.3) is 0 Å². The van der Waals surface area contributed by atoms with Crippen LogP contribution in [0.5, 0.6) is 5.88 Å². The van der Waals surface area contributed by atoms with E-state index in [9.17, 15) is 8.42 Å². The van der Waals surface area contributed by atoms with Crippen molar-refractivity contribution in [2.75, 3.05) is 17.6 Å². The molecule has 1 heterocycles. The molecule has 1 aromatic carbocycles. The van der Waals surface area contributed by atoms with E-state index in [4.69, 9.17) is 22.1 Å². The molecule has 106 valence electrons. The molecule has 1 aromatic heterocycles. The Bertz CT molecular complexity index is 717. The van der Waals surface area contributed by atoms with Gasteiger partial charge in [-0.1, -0.05) is 11.6 Å². The van der Waals surface area contributed by atoms with Crippen molar-refractivity contribution in [3.05, 3.63) is 41.6 Å². The number of anilines is 2. The van der Waals surface area contributed by atoms with Gasteiger partial charge >= 0.3 is 0 Å². The first-order valence-corrected chi connectivity index (χ1v) is 7.36. The summed E-state index contributed by atoms with van der Waals surface area (Å²) < 4.78 is 31.7. The number of nitrogen functional groups attached to an aromatic ring is 1. The van der Waals surface area contributed by atoms with E-state index in [-0.39, 0.29) is 9.92 Å². The van der Waals surface area contributed by atoms with Crippen molar-refractivity contribution in [3.63, 3.8) is 0 Å². The molecule has 0 saturated heterocycles. The number of hydrogen-bond acceptors (Lipinski definition) is 5. The molecule has 0 radical (unpaired) electrons. The van der Waals surface area contributed by atoms with E-state index in [1.807, 2.05) is 0 Å². The zero-order chi connectivity index (χ0) is 14.8. The van der Waals surface area contributed by atoms with Gasteiger partial charge in [-0.15, -0.1) is 0 Å². The fourth-order valence-corrected chi connectivity index (χ4v) is 3.08. The van der Waals surface area contributed by atoms with Gasteiger partial charge in [-0.3, -0.25) is 4.72 Å². The number of sulfonamides is 1. The lowest BCUT2D eigenvalue weighted by molar-refractivity contribution is 0.398. The molecule has 20 heavy (non-hydrogen) atoms. The molecule has 0 atom stereocenters. The Morgan fingerprint density at radius 2 is 2.05 bits per heavy atom. The van der Waals surface area contributed by atoms with Crippen molar-refractivity contribution < 1.29 is 13.2 Å². The summed E-state index contributed by atoms with van der Waals surface area (Å²) in [4.78, 5) is 3.82. The Morgan fingerprint density at radius 1 is 1.30 bits per heavy atom. The fraction of sp³-hybridized carbons (Fsp3) is 0.0833. The highest BCUT2D eigenvalue weighted by atomic mass is 35.5. The summed E-state index contributed by atoms with van der Waals surface area (Å²) in [5, 5.41) is 0.0909. The molecule has 6 nitrogen and oxygen atoms in total. The van der Waals surface area contributed by atoms with Crippen molar-refractivity contribution in [2.24, 2.45) is 0 Å². The third-order valence-electron chi connectivity index (χ3n) is 2.44. The van der Waals surface area contributed by atoms with E-state index in [1.54, 1.807) is 6.07 Å². The van der Waals surface area contributed by atoms with Gasteiger partial charge in [-0.25, -0.2) is 13.4 Å². The molecule has 2 aromatic rings. The molecule has 2 rings (SSSR count). The van der Waals surface area contributed by atoms with Crippen LogP contribution in [0.3, 0.4) is 0 Å². The Balaban J connectivity index is 2.32. The largest absolute Gasteiger partial charge is 0.481 e. The maximum atomic E-state index is 12.2. The van der Waals surface area contributed by atoms with E-state index in [2.05, 4.69) is 9.71 Å². The van der Waals surface area contributed by atoms with Crippen molar-refractivity contribution in [1.29, 1.82) is 0 Å². The van der Waals surface area contributed by atoms with Crippen molar-refractivity contribution in [1.82, 2.24) is 4.98 Å². The summed E-state index contributed by atoms with van der Waals surface area (Å²) in [6.07, 6.45) is 1.34. The van der Waals surface area contributed by atoms with Gasteiger partial charge in [-0.05, 0) is 24.3 Å². The van der Waals surface area contributed by atoms with Crippen LogP contribution in [0.15, 0.2) is 41.4 Å². The van der Waals surface area contributed by atoms with Crippen LogP contribution < -0.4 is 15.2 Å². The van der Waals surface area contributed by atoms with Gasteiger partial charge in [0.15, 0.2) is 0 Å². The molecule has 0 bridgehead atoms. The second-order valence-corrected chi connectivity index (χ2v) is 5.94. The van der Waals surface area contributed by atoms with Crippen LogP contribution in [-0.2, 0) is 10.0 Å². The van der Waals surface area contributed by atoms with Crippen LogP contribution >= 0.6 is 11.6 Å². The number of rotatable bonds is 4. The molecule has 0 saturated carbocycles. The Kier molecular flexibility index (Phi) is 4.01. The van der Waals surface area contributed by atoms with Crippen LogP contribution in [0.1, 0.15) is 0 Å². The predicted molar refractivity (Wildman–Crippen MR) is 77.5 cm³/mol. The average molecular weight is 314 g/mol. The van der Waals surface area contributed by atoms with Crippen LogP contribution in [0.4, 0.5) is 11.4 Å². The van der Waals surface area contributed by atoms with Crippen molar-refractivity contribution >= 4 is 33.0 Å². The molecule has 0 aliphatic rings. The van der Waals surface area contributed by atoms with Gasteiger partial charge < -0.3 is 10.5 Å². The predicted octanol–water partition coefficient (Wildman–Crippen LogP) is 2.13. The number of methoxy groups -OCH3 is 1. The summed E-state index contributed by atoms with van der Waals surface area (Å²) in [7, 11) is -2.36. The highest BCUT2D eigenvalue weighted by Gasteiger charge is 2.18. The molecule has 3 N–H and O–H groups in total. The molecule has 8 heteroatoms. The number of pyridine rings is 1. The third-order valence-corrected chi connectivity index (χ3v) is 4.31. The molecular weight excluding hydrogens is 302 g/mol. The molecular formula is C12H12ClN3O3S. The summed E-state index contributed by atoms with van der Waals surface area (Å²) in [6.45, 7) is 0. The van der Waals surface area contributed by atoms with Crippen molar-refractivity contribution in [3.8, 4) is 5.88 Å². The van der Waals surface area contributed by atoms with Gasteiger partial charge in [0, 0.05) is 11.8 Å². The summed E-state index contributed by atoms with van der Waals surface area (Å²) in [5.41, 5.74) is 6.18. The minimum Gasteiger partial charge on any atom is -0.481 e. The first kappa shape index (κ1) is 14.4. The van der Waals surface area contributed by atoms with E-state index in [0.29, 0.717) is 17.3 Å². The standard InChI is InChI=1S/C12H12ClN3O3S/c1-19-12-5-3-9(7-15-12)16-20(17,18)11-6-8(14)2-4-10(11)13/h2-7,16H,14H2,1H3. The van der Waals surface area contributed by atoms with Gasteiger partial charge in [0.05, 0.1) is 24.0 Å². The maximum absolute atomic E-state index is 12.2. The number of aromatic nitrogens is 1. The molecule has 0 amide bonds. The lowest BCUT2D eigenvalue weighted by atomic mass is 10.3. The van der Waals surface area contributed by atoms with E-state index >= 15 is 0 Å². The minimum atomic E-state index is -3.83. The normalized spacial score (nSPS) is 11.1. The number of benzene rings is 1. The lowest BCUT2D eigenvalue weighted by Gasteiger charge is -2.10. The minimum absolute atomic E-state index is 0.0880. The fourth-order valence-electron chi connectivity index (χ4n) is 1.50. The first-order valence-electron chi connectivity index (χ1n) is 5.50. The van der Waals surface area contributed by atoms with Gasteiger partial charge in [0.1, 0.15) is 4.90 Å². The number of nitrogens with zero attached hydrogens (tertiary/aromatic N) is 1. The molecule has 0 unspecified atom stereocenters. The molecule has 0 fully saturated rings. The molecule has 0 aliphatic heterocycles. The molecule has 0 aliphatic carbocycles. The average Bonchev–Trinajstić information content (AvgIpc) is 2.42. The lowest BCUT2D eigenvalue weighted by Crippen LogP contribution is -2.14. The van der Waals surface area contributed by atoms with Gasteiger partial charge in [-0.2, -0.15) is 0 Å². The zero-order valence-electron chi connectivity index (χ0n) is 10.5. The number of halogens is 1. The SMILES string of the molecule is COc1ccc(NS(=O)(=O)c2cc(N)ccc2Cl)cn1. The second kappa shape index (κ2) is 5.56. The van der Waals surface area contributed by atoms with Crippen LogP contribution in [0, 0.1) is 0 Å². The smallest absolute Gasteiger partial charge is 0.263 e. The monoisotopic (exact) mass is 313 g/mol. The van der Waals surface area contributed by atoms with E-state index in [0.717, 1.165) is 0 Å². The third kappa shape index (κ3) is 3.12. The Labute approximate surface area is 121 Å². The molecule has 0 spiro atoms. The summed E-state index contributed by atoms with van der Waals surface area (Å²) in [6, 6.07) is 7.32. The first-order chi connectivity index (χ1) is 9.42. The number of ether oxygens (including phenoxy) is 1. The Morgan fingerprint density at radius 3 is 2.65 bits per heavy atom. The van der Waals surface area contributed by atoms with Crippen molar-refractivity contribution in [2.45, 2.75) is 4.90 Å². The zero-order valence-corrected chi connectivity index (χ0v) is 12.1. The highest BCUT2D eigenvalue weighted by molar-refractivity contribution is 7.92. The summed E-state index contributed by atoms with van der Waals surface area (Å²) >= 11 is 5.88.